The zero-order valence-electron chi connectivity index (χ0n) is 20.2. The Labute approximate surface area is 206 Å². The number of piperazine rings is 1. The van der Waals surface area contributed by atoms with Crippen molar-refractivity contribution in [3.8, 4) is 11.5 Å². The van der Waals surface area contributed by atoms with Crippen molar-refractivity contribution in [3.63, 3.8) is 0 Å². The van der Waals surface area contributed by atoms with E-state index in [1.807, 2.05) is 67.3 Å². The quantitative estimate of drug-likeness (QED) is 0.448. The Bertz CT molecular complexity index is 1170. The first kappa shape index (κ1) is 24.0. The van der Waals surface area contributed by atoms with Crippen LogP contribution in [0.25, 0.3) is 0 Å². The van der Waals surface area contributed by atoms with Gasteiger partial charge in [0.15, 0.2) is 0 Å². The number of nitrogens with zero attached hydrogens (tertiary/aromatic N) is 2. The molecule has 0 unspecified atom stereocenters. The molecule has 0 aliphatic carbocycles. The van der Waals surface area contributed by atoms with Crippen LogP contribution in [-0.4, -0.2) is 44.1 Å². The molecule has 4 rings (SSSR count). The Kier molecular flexibility index (Phi) is 7.32. The second-order valence-corrected chi connectivity index (χ2v) is 9.29. The molecule has 34 heavy (non-hydrogen) atoms. The predicted molar refractivity (Wildman–Crippen MR) is 138 cm³/mol. The smallest absolute Gasteiger partial charge is 0.253 e. The minimum absolute atomic E-state index is 0.0257. The van der Waals surface area contributed by atoms with Gasteiger partial charge in [-0.3, -0.25) is 4.79 Å². The molecule has 0 spiro atoms. The normalized spacial score (nSPS) is 13.7. The molecule has 0 bridgehead atoms. The molecule has 3 aromatic carbocycles. The van der Waals surface area contributed by atoms with E-state index in [0.29, 0.717) is 31.0 Å². The van der Waals surface area contributed by atoms with Crippen molar-refractivity contribution in [2.45, 2.75) is 27.4 Å². The SMILES string of the molecule is COc1ccc(C(=O)N2CCN(c3cc(Cl)ccc3C)CC2)cc1COc1cc(C)cc(C)c1. The van der Waals surface area contributed by atoms with Gasteiger partial charge in [0.2, 0.25) is 0 Å². The average molecular weight is 479 g/mol. The van der Waals surface area contributed by atoms with Gasteiger partial charge in [-0.15, -0.1) is 0 Å². The number of carbonyl (C=O) groups is 1. The molecule has 1 saturated heterocycles. The summed E-state index contributed by atoms with van der Waals surface area (Å²) in [7, 11) is 1.63. The number of methoxy groups -OCH3 is 1. The molecule has 0 atom stereocenters. The zero-order chi connectivity index (χ0) is 24.2. The molecular weight excluding hydrogens is 448 g/mol. The number of benzene rings is 3. The fourth-order valence-corrected chi connectivity index (χ4v) is 4.62. The van der Waals surface area contributed by atoms with Gasteiger partial charge in [0.1, 0.15) is 18.1 Å². The van der Waals surface area contributed by atoms with Crippen molar-refractivity contribution < 1.29 is 14.3 Å². The van der Waals surface area contributed by atoms with Crippen LogP contribution in [0.5, 0.6) is 11.5 Å². The lowest BCUT2D eigenvalue weighted by molar-refractivity contribution is 0.0746. The van der Waals surface area contributed by atoms with Crippen molar-refractivity contribution in [1.82, 2.24) is 4.90 Å². The van der Waals surface area contributed by atoms with Crippen LogP contribution < -0.4 is 14.4 Å². The lowest BCUT2D eigenvalue weighted by atomic mass is 10.1. The first-order valence-corrected chi connectivity index (χ1v) is 11.9. The number of aryl methyl sites for hydroxylation is 3. The van der Waals surface area contributed by atoms with Crippen LogP contribution in [0.4, 0.5) is 5.69 Å². The topological polar surface area (TPSA) is 42.0 Å². The standard InChI is InChI=1S/C28H31ClN2O3/c1-19-13-20(2)15-25(14-19)34-18-23-16-22(6-8-27(23)33-4)28(32)31-11-9-30(10-12-31)26-17-24(29)7-5-21(26)3/h5-8,13-17H,9-12,18H2,1-4H3. The largest absolute Gasteiger partial charge is 0.496 e. The lowest BCUT2D eigenvalue weighted by Gasteiger charge is -2.37. The highest BCUT2D eigenvalue weighted by molar-refractivity contribution is 6.30. The first-order chi connectivity index (χ1) is 16.3. The Balaban J connectivity index is 1.44. The fourth-order valence-electron chi connectivity index (χ4n) is 4.46. The number of rotatable bonds is 6. The summed E-state index contributed by atoms with van der Waals surface area (Å²) in [6.07, 6.45) is 0. The molecule has 1 amide bonds. The van der Waals surface area contributed by atoms with Gasteiger partial charge in [-0.05, 0) is 79.9 Å². The Morgan fingerprint density at radius 2 is 1.62 bits per heavy atom. The molecule has 1 heterocycles. The van der Waals surface area contributed by atoms with Crippen LogP contribution in [0.2, 0.25) is 5.02 Å². The third-order valence-corrected chi connectivity index (χ3v) is 6.43. The summed E-state index contributed by atoms with van der Waals surface area (Å²) >= 11 is 6.20. The number of carbonyl (C=O) groups excluding carboxylic acids is 1. The van der Waals surface area contributed by atoms with Crippen molar-refractivity contribution >= 4 is 23.2 Å². The van der Waals surface area contributed by atoms with Crippen molar-refractivity contribution in [3.05, 3.63) is 87.4 Å². The van der Waals surface area contributed by atoms with Crippen LogP contribution in [-0.2, 0) is 6.61 Å². The number of amides is 1. The number of ether oxygens (including phenoxy) is 2. The van der Waals surface area contributed by atoms with Gasteiger partial charge in [-0.2, -0.15) is 0 Å². The van der Waals surface area contributed by atoms with Gasteiger partial charge in [-0.25, -0.2) is 0 Å². The summed E-state index contributed by atoms with van der Waals surface area (Å²) in [5, 5.41) is 0.730. The average Bonchev–Trinajstić information content (AvgIpc) is 2.83. The minimum atomic E-state index is 0.0257. The monoisotopic (exact) mass is 478 g/mol. The van der Waals surface area contributed by atoms with E-state index < -0.39 is 0 Å². The minimum Gasteiger partial charge on any atom is -0.496 e. The van der Waals surface area contributed by atoms with Crippen molar-refractivity contribution in [2.24, 2.45) is 0 Å². The van der Waals surface area contributed by atoms with E-state index in [0.717, 1.165) is 46.2 Å². The summed E-state index contributed by atoms with van der Waals surface area (Å²) in [5.41, 5.74) is 6.12. The molecule has 6 heteroatoms. The summed E-state index contributed by atoms with van der Waals surface area (Å²) in [6, 6.07) is 17.6. The molecule has 1 aliphatic rings. The van der Waals surface area contributed by atoms with E-state index in [-0.39, 0.29) is 5.91 Å². The van der Waals surface area contributed by atoms with Gasteiger partial charge in [0.25, 0.3) is 5.91 Å². The van der Waals surface area contributed by atoms with Gasteiger partial charge in [0.05, 0.1) is 7.11 Å². The van der Waals surface area contributed by atoms with Crippen LogP contribution >= 0.6 is 11.6 Å². The highest BCUT2D eigenvalue weighted by Gasteiger charge is 2.24. The Hall–Kier alpha value is -3.18. The van der Waals surface area contributed by atoms with Crippen LogP contribution in [0.3, 0.4) is 0 Å². The molecule has 5 nitrogen and oxygen atoms in total. The molecule has 3 aromatic rings. The van der Waals surface area contributed by atoms with E-state index in [1.165, 1.54) is 5.56 Å². The molecule has 0 N–H and O–H groups in total. The third-order valence-electron chi connectivity index (χ3n) is 6.20. The van der Waals surface area contributed by atoms with E-state index in [4.69, 9.17) is 21.1 Å². The van der Waals surface area contributed by atoms with Gasteiger partial charge in [0, 0.05) is 48.0 Å². The highest BCUT2D eigenvalue weighted by atomic mass is 35.5. The van der Waals surface area contributed by atoms with E-state index >= 15 is 0 Å². The lowest BCUT2D eigenvalue weighted by Crippen LogP contribution is -2.49. The van der Waals surface area contributed by atoms with Crippen molar-refractivity contribution in [2.75, 3.05) is 38.2 Å². The summed E-state index contributed by atoms with van der Waals surface area (Å²) in [4.78, 5) is 17.5. The molecule has 0 radical (unpaired) electrons. The Morgan fingerprint density at radius 3 is 2.29 bits per heavy atom. The molecule has 0 aromatic heterocycles. The second-order valence-electron chi connectivity index (χ2n) is 8.85. The first-order valence-electron chi connectivity index (χ1n) is 11.5. The third kappa shape index (κ3) is 5.48. The molecule has 178 valence electrons. The summed E-state index contributed by atoms with van der Waals surface area (Å²) in [6.45, 7) is 9.37. The highest BCUT2D eigenvalue weighted by Crippen LogP contribution is 2.27. The number of hydrogen-bond donors (Lipinski definition) is 0. The van der Waals surface area contributed by atoms with Crippen LogP contribution in [0.1, 0.15) is 32.6 Å². The molecular formula is C28H31ClN2O3. The Morgan fingerprint density at radius 1 is 0.912 bits per heavy atom. The maximum absolute atomic E-state index is 13.3. The van der Waals surface area contributed by atoms with Gasteiger partial charge >= 0.3 is 0 Å². The van der Waals surface area contributed by atoms with Crippen molar-refractivity contribution in [1.29, 1.82) is 0 Å². The van der Waals surface area contributed by atoms with Crippen LogP contribution in [0.15, 0.2) is 54.6 Å². The molecule has 1 fully saturated rings. The molecule has 1 aliphatic heterocycles. The second kappa shape index (κ2) is 10.4. The zero-order valence-corrected chi connectivity index (χ0v) is 21.0. The van der Waals surface area contributed by atoms with Crippen LogP contribution in [0, 0.1) is 20.8 Å². The van der Waals surface area contributed by atoms with E-state index in [2.05, 4.69) is 17.9 Å². The maximum atomic E-state index is 13.3. The number of anilines is 1. The summed E-state index contributed by atoms with van der Waals surface area (Å²) in [5.74, 6) is 1.55. The van der Waals surface area contributed by atoms with E-state index in [9.17, 15) is 4.79 Å². The van der Waals surface area contributed by atoms with Gasteiger partial charge < -0.3 is 19.3 Å². The van der Waals surface area contributed by atoms with Gasteiger partial charge in [-0.1, -0.05) is 23.7 Å². The fraction of sp³-hybridized carbons (Fsp3) is 0.321. The predicted octanol–water partition coefficient (Wildman–Crippen LogP) is 5.82. The molecule has 0 saturated carbocycles. The number of halogens is 1. The summed E-state index contributed by atoms with van der Waals surface area (Å²) < 4.78 is 11.6. The number of hydrogen-bond acceptors (Lipinski definition) is 4. The maximum Gasteiger partial charge on any atom is 0.253 e. The van der Waals surface area contributed by atoms with E-state index in [1.54, 1.807) is 7.11 Å².